The highest BCUT2D eigenvalue weighted by molar-refractivity contribution is 5.94. The number of carboxylic acids is 1. The largest absolute Gasteiger partial charge is 0.492 e. The van der Waals surface area contributed by atoms with Crippen molar-refractivity contribution in [1.29, 1.82) is 0 Å². The summed E-state index contributed by atoms with van der Waals surface area (Å²) in [5.41, 5.74) is 1.10. The smallest absolute Gasteiger partial charge is 0.341 e. The quantitative estimate of drug-likeness (QED) is 0.303. The molecular formula is C31H33FN4O5. The van der Waals surface area contributed by atoms with Crippen molar-refractivity contribution in [3.05, 3.63) is 88.1 Å². The average molecular weight is 561 g/mol. The molecule has 4 aromatic rings. The molecule has 1 fully saturated rings. The van der Waals surface area contributed by atoms with Crippen LogP contribution in [-0.4, -0.2) is 72.0 Å². The number of nitrogens with zero attached hydrogens (tertiary/aromatic N) is 4. The lowest BCUT2D eigenvalue weighted by atomic mass is 10.1. The van der Waals surface area contributed by atoms with E-state index in [1.54, 1.807) is 41.1 Å². The molecule has 1 aliphatic heterocycles. The second-order valence-corrected chi connectivity index (χ2v) is 10.4. The highest BCUT2D eigenvalue weighted by Gasteiger charge is 2.29. The summed E-state index contributed by atoms with van der Waals surface area (Å²) >= 11 is 0. The minimum Gasteiger partial charge on any atom is -0.492 e. The van der Waals surface area contributed by atoms with Crippen LogP contribution in [0.2, 0.25) is 0 Å². The van der Waals surface area contributed by atoms with Gasteiger partial charge in [0.1, 0.15) is 30.3 Å². The molecule has 10 heteroatoms. The Morgan fingerprint density at radius 3 is 2.66 bits per heavy atom. The summed E-state index contributed by atoms with van der Waals surface area (Å²) in [6, 6.07) is 13.6. The number of hydrogen-bond acceptors (Lipinski definition) is 7. The maximum Gasteiger partial charge on any atom is 0.341 e. The van der Waals surface area contributed by atoms with E-state index in [0.717, 1.165) is 31.0 Å². The van der Waals surface area contributed by atoms with Crippen LogP contribution in [0.15, 0.2) is 65.7 Å². The van der Waals surface area contributed by atoms with Gasteiger partial charge in [-0.05, 0) is 76.3 Å². The van der Waals surface area contributed by atoms with E-state index >= 15 is 4.39 Å². The Balaban J connectivity index is 1.52. The van der Waals surface area contributed by atoms with Crippen molar-refractivity contribution in [2.24, 2.45) is 0 Å². The molecule has 41 heavy (non-hydrogen) atoms. The SMILES string of the molecule is Cc1cccnc1OCC1CCCN1c1cc2c(cc1F)c(=O)c(C(=O)O)cn2-c1ccc(OCCN(C)C)cc1. The zero-order valence-corrected chi connectivity index (χ0v) is 23.3. The maximum absolute atomic E-state index is 15.6. The summed E-state index contributed by atoms with van der Waals surface area (Å²) in [7, 11) is 3.92. The van der Waals surface area contributed by atoms with Gasteiger partial charge >= 0.3 is 5.97 Å². The van der Waals surface area contributed by atoms with Gasteiger partial charge in [-0.15, -0.1) is 0 Å². The number of aryl methyl sites for hydroxylation is 1. The Labute approximate surface area is 237 Å². The Kier molecular flexibility index (Phi) is 8.21. The monoisotopic (exact) mass is 560 g/mol. The molecule has 5 rings (SSSR count). The molecule has 214 valence electrons. The predicted octanol–water partition coefficient (Wildman–Crippen LogP) is 4.52. The van der Waals surface area contributed by atoms with Gasteiger partial charge in [0.05, 0.1) is 17.2 Å². The van der Waals surface area contributed by atoms with E-state index in [9.17, 15) is 14.7 Å². The molecular weight excluding hydrogens is 527 g/mol. The third kappa shape index (κ3) is 6.02. The van der Waals surface area contributed by atoms with Gasteiger partial charge in [0.25, 0.3) is 0 Å². The number of anilines is 1. The minimum atomic E-state index is -1.37. The van der Waals surface area contributed by atoms with Gasteiger partial charge < -0.3 is 28.9 Å². The molecule has 2 aromatic carbocycles. The molecule has 1 N–H and O–H groups in total. The molecule has 2 aromatic heterocycles. The number of fused-ring (bicyclic) bond motifs is 1. The van der Waals surface area contributed by atoms with Crippen molar-refractivity contribution < 1.29 is 23.8 Å². The van der Waals surface area contributed by atoms with Crippen LogP contribution in [0, 0.1) is 12.7 Å². The summed E-state index contributed by atoms with van der Waals surface area (Å²) < 4.78 is 29.0. The number of aromatic carboxylic acids is 1. The number of hydrogen-bond donors (Lipinski definition) is 1. The molecule has 0 radical (unpaired) electrons. The highest BCUT2D eigenvalue weighted by Crippen LogP contribution is 2.32. The van der Waals surface area contributed by atoms with Crippen molar-refractivity contribution in [2.45, 2.75) is 25.8 Å². The number of rotatable bonds is 10. The zero-order valence-electron chi connectivity index (χ0n) is 23.3. The molecule has 0 spiro atoms. The molecule has 0 amide bonds. The molecule has 9 nitrogen and oxygen atoms in total. The van der Waals surface area contributed by atoms with Gasteiger partial charge in [0, 0.05) is 42.1 Å². The lowest BCUT2D eigenvalue weighted by Gasteiger charge is -2.28. The van der Waals surface area contributed by atoms with Crippen LogP contribution in [0.4, 0.5) is 10.1 Å². The molecule has 0 aliphatic carbocycles. The third-order valence-corrected chi connectivity index (χ3v) is 7.29. The third-order valence-electron chi connectivity index (χ3n) is 7.29. The lowest BCUT2D eigenvalue weighted by molar-refractivity contribution is 0.0695. The molecule has 1 atom stereocenters. The number of ether oxygens (including phenoxy) is 2. The van der Waals surface area contributed by atoms with Gasteiger partial charge in [-0.1, -0.05) is 6.07 Å². The molecule has 1 unspecified atom stereocenters. The van der Waals surface area contributed by atoms with E-state index in [1.807, 2.05) is 43.0 Å². The van der Waals surface area contributed by atoms with Crippen LogP contribution in [0.3, 0.4) is 0 Å². The number of aromatic nitrogens is 2. The van der Waals surface area contributed by atoms with Gasteiger partial charge in [0.15, 0.2) is 0 Å². The standard InChI is InChI=1S/C31H33FN4O5/c1-20-6-4-12-33-30(20)41-19-22-7-5-13-35(22)28-17-27-24(16-26(28)32)29(37)25(31(38)39)18-36(27)21-8-10-23(11-9-21)40-15-14-34(2)3/h4,6,8-12,16-18,22H,5,7,13-15,19H2,1-3H3,(H,38,39). The first-order valence-electron chi connectivity index (χ1n) is 13.5. The van der Waals surface area contributed by atoms with Gasteiger partial charge in [0.2, 0.25) is 11.3 Å². The number of pyridine rings is 2. The van der Waals surface area contributed by atoms with E-state index in [-0.39, 0.29) is 11.4 Å². The Morgan fingerprint density at radius 1 is 1.17 bits per heavy atom. The fourth-order valence-electron chi connectivity index (χ4n) is 5.09. The van der Waals surface area contributed by atoms with Crippen LogP contribution in [0.25, 0.3) is 16.6 Å². The molecule has 0 bridgehead atoms. The first-order valence-corrected chi connectivity index (χ1v) is 13.5. The summed E-state index contributed by atoms with van der Waals surface area (Å²) in [6.45, 7) is 4.14. The molecule has 0 saturated carbocycles. The van der Waals surface area contributed by atoms with Gasteiger partial charge in [-0.2, -0.15) is 0 Å². The Hall–Kier alpha value is -4.44. The normalized spacial score (nSPS) is 15.0. The first-order chi connectivity index (χ1) is 19.7. The zero-order chi connectivity index (χ0) is 29.1. The average Bonchev–Trinajstić information content (AvgIpc) is 3.41. The lowest BCUT2D eigenvalue weighted by Crippen LogP contribution is -2.35. The summed E-state index contributed by atoms with van der Waals surface area (Å²) in [6.07, 6.45) is 4.63. The number of halogens is 1. The van der Waals surface area contributed by atoms with Gasteiger partial charge in [-0.25, -0.2) is 14.2 Å². The molecule has 1 aliphatic rings. The fourth-order valence-corrected chi connectivity index (χ4v) is 5.09. The van der Waals surface area contributed by atoms with E-state index in [4.69, 9.17) is 9.47 Å². The van der Waals surface area contributed by atoms with E-state index in [0.29, 0.717) is 48.3 Å². The second kappa shape index (κ2) is 12.0. The van der Waals surface area contributed by atoms with Crippen LogP contribution < -0.4 is 19.8 Å². The van der Waals surface area contributed by atoms with E-state index in [2.05, 4.69) is 4.98 Å². The fraction of sp³-hybridized carbons (Fsp3) is 0.323. The van der Waals surface area contributed by atoms with E-state index < -0.39 is 22.8 Å². The van der Waals surface area contributed by atoms with Crippen molar-refractivity contribution >= 4 is 22.6 Å². The Bertz CT molecular complexity index is 1620. The summed E-state index contributed by atoms with van der Waals surface area (Å²) in [4.78, 5) is 33.3. The van der Waals surface area contributed by atoms with Crippen LogP contribution >= 0.6 is 0 Å². The minimum absolute atomic E-state index is 0.00596. The summed E-state index contributed by atoms with van der Waals surface area (Å²) in [5.74, 6) is -0.758. The van der Waals surface area contributed by atoms with Crippen molar-refractivity contribution in [1.82, 2.24) is 14.5 Å². The van der Waals surface area contributed by atoms with E-state index in [1.165, 1.54) is 6.20 Å². The maximum atomic E-state index is 15.6. The summed E-state index contributed by atoms with van der Waals surface area (Å²) in [5, 5.41) is 9.72. The topological polar surface area (TPSA) is 97.1 Å². The Morgan fingerprint density at radius 2 is 1.95 bits per heavy atom. The van der Waals surface area contributed by atoms with Crippen LogP contribution in [0.1, 0.15) is 28.8 Å². The van der Waals surface area contributed by atoms with Crippen molar-refractivity contribution in [3.8, 4) is 17.3 Å². The van der Waals surface area contributed by atoms with Crippen LogP contribution in [0.5, 0.6) is 11.6 Å². The first kappa shape index (κ1) is 28.1. The molecule has 3 heterocycles. The number of benzene rings is 2. The predicted molar refractivity (Wildman–Crippen MR) is 155 cm³/mol. The second-order valence-electron chi connectivity index (χ2n) is 10.4. The molecule has 1 saturated heterocycles. The van der Waals surface area contributed by atoms with Crippen molar-refractivity contribution in [2.75, 3.05) is 45.3 Å². The van der Waals surface area contributed by atoms with Gasteiger partial charge in [-0.3, -0.25) is 4.79 Å². The number of carbonyl (C=O) groups is 1. The highest BCUT2D eigenvalue weighted by atomic mass is 19.1. The number of carboxylic acid groups (broad SMARTS) is 1. The van der Waals surface area contributed by atoms with Crippen LogP contribution in [-0.2, 0) is 0 Å². The van der Waals surface area contributed by atoms with Crippen molar-refractivity contribution in [3.63, 3.8) is 0 Å². The number of likely N-dealkylation sites (N-methyl/N-ethyl adjacent to an activating group) is 1.